The SMILES string of the molecule is C=CCN(C)C1CN(c2cc(C)ncn2)C1. The highest BCUT2D eigenvalue weighted by Crippen LogP contribution is 2.20. The lowest BCUT2D eigenvalue weighted by Gasteiger charge is -2.44. The molecule has 0 atom stereocenters. The highest BCUT2D eigenvalue weighted by Gasteiger charge is 2.30. The predicted molar refractivity (Wildman–Crippen MR) is 65.6 cm³/mol. The van der Waals surface area contributed by atoms with Crippen molar-refractivity contribution in [3.8, 4) is 0 Å². The van der Waals surface area contributed by atoms with E-state index < -0.39 is 0 Å². The van der Waals surface area contributed by atoms with Gasteiger partial charge in [-0.2, -0.15) is 0 Å². The number of anilines is 1. The van der Waals surface area contributed by atoms with Crippen LogP contribution in [-0.2, 0) is 0 Å². The molecule has 1 aliphatic heterocycles. The molecule has 0 spiro atoms. The van der Waals surface area contributed by atoms with Crippen molar-refractivity contribution >= 4 is 5.82 Å². The maximum Gasteiger partial charge on any atom is 0.132 e. The normalized spacial score (nSPS) is 16.3. The molecule has 86 valence electrons. The van der Waals surface area contributed by atoms with E-state index in [4.69, 9.17) is 0 Å². The van der Waals surface area contributed by atoms with Gasteiger partial charge in [0.15, 0.2) is 0 Å². The monoisotopic (exact) mass is 218 g/mol. The van der Waals surface area contributed by atoms with Crippen LogP contribution in [0.15, 0.2) is 25.0 Å². The fraction of sp³-hybridized carbons (Fsp3) is 0.500. The average molecular weight is 218 g/mol. The summed E-state index contributed by atoms with van der Waals surface area (Å²) in [5.74, 6) is 1.04. The maximum absolute atomic E-state index is 4.28. The van der Waals surface area contributed by atoms with E-state index in [9.17, 15) is 0 Å². The van der Waals surface area contributed by atoms with Crippen LogP contribution in [-0.4, -0.2) is 47.6 Å². The van der Waals surface area contributed by atoms with E-state index in [1.807, 2.05) is 19.1 Å². The van der Waals surface area contributed by atoms with Crippen molar-refractivity contribution < 1.29 is 0 Å². The second-order valence-electron chi connectivity index (χ2n) is 4.30. The lowest BCUT2D eigenvalue weighted by atomic mass is 10.1. The Morgan fingerprint density at radius 2 is 2.31 bits per heavy atom. The number of aryl methyl sites for hydroxylation is 1. The smallest absolute Gasteiger partial charge is 0.132 e. The molecule has 0 aromatic carbocycles. The van der Waals surface area contributed by atoms with E-state index in [0.29, 0.717) is 6.04 Å². The topological polar surface area (TPSA) is 32.3 Å². The van der Waals surface area contributed by atoms with Gasteiger partial charge in [-0.15, -0.1) is 6.58 Å². The van der Waals surface area contributed by atoms with E-state index in [-0.39, 0.29) is 0 Å². The minimum absolute atomic E-state index is 0.619. The van der Waals surface area contributed by atoms with Crippen molar-refractivity contribution in [2.45, 2.75) is 13.0 Å². The largest absolute Gasteiger partial charge is 0.353 e. The maximum atomic E-state index is 4.28. The van der Waals surface area contributed by atoms with Gasteiger partial charge in [0.25, 0.3) is 0 Å². The molecule has 0 bridgehead atoms. The number of nitrogens with zero attached hydrogens (tertiary/aromatic N) is 4. The van der Waals surface area contributed by atoms with Crippen LogP contribution in [0.5, 0.6) is 0 Å². The number of aromatic nitrogens is 2. The number of hydrogen-bond acceptors (Lipinski definition) is 4. The summed E-state index contributed by atoms with van der Waals surface area (Å²) in [5, 5.41) is 0. The molecule has 16 heavy (non-hydrogen) atoms. The molecule has 4 heteroatoms. The Bertz CT molecular complexity index is 371. The second-order valence-corrected chi connectivity index (χ2v) is 4.30. The van der Waals surface area contributed by atoms with Crippen LogP contribution in [0.25, 0.3) is 0 Å². The lowest BCUT2D eigenvalue weighted by molar-refractivity contribution is 0.224. The molecule has 1 aromatic heterocycles. The Labute approximate surface area is 96.6 Å². The van der Waals surface area contributed by atoms with Gasteiger partial charge >= 0.3 is 0 Å². The van der Waals surface area contributed by atoms with Gasteiger partial charge in [-0.1, -0.05) is 6.08 Å². The van der Waals surface area contributed by atoms with Crippen LogP contribution in [0.1, 0.15) is 5.69 Å². The molecule has 1 saturated heterocycles. The molecular weight excluding hydrogens is 200 g/mol. The van der Waals surface area contributed by atoms with Crippen LogP contribution in [0.2, 0.25) is 0 Å². The number of rotatable bonds is 4. The Balaban J connectivity index is 1.90. The summed E-state index contributed by atoms with van der Waals surface area (Å²) in [6, 6.07) is 2.65. The predicted octanol–water partition coefficient (Wildman–Crippen LogP) is 1.09. The highest BCUT2D eigenvalue weighted by atomic mass is 15.3. The van der Waals surface area contributed by atoms with Crippen molar-refractivity contribution in [1.82, 2.24) is 14.9 Å². The van der Waals surface area contributed by atoms with Gasteiger partial charge in [0.1, 0.15) is 12.1 Å². The molecule has 0 radical (unpaired) electrons. The van der Waals surface area contributed by atoms with Crippen LogP contribution in [0.4, 0.5) is 5.82 Å². The van der Waals surface area contributed by atoms with Gasteiger partial charge in [0, 0.05) is 37.4 Å². The molecule has 2 rings (SSSR count). The Morgan fingerprint density at radius 1 is 1.56 bits per heavy atom. The lowest BCUT2D eigenvalue weighted by Crippen LogP contribution is -2.58. The zero-order valence-electron chi connectivity index (χ0n) is 9.93. The first-order valence-corrected chi connectivity index (χ1v) is 5.55. The number of hydrogen-bond donors (Lipinski definition) is 0. The zero-order chi connectivity index (χ0) is 11.5. The third-order valence-electron chi connectivity index (χ3n) is 3.02. The summed E-state index contributed by atoms with van der Waals surface area (Å²) >= 11 is 0. The first-order valence-electron chi connectivity index (χ1n) is 5.55. The number of likely N-dealkylation sites (N-methyl/N-ethyl adjacent to an activating group) is 1. The summed E-state index contributed by atoms with van der Waals surface area (Å²) in [6.07, 6.45) is 3.57. The van der Waals surface area contributed by atoms with Gasteiger partial charge < -0.3 is 4.90 Å². The van der Waals surface area contributed by atoms with E-state index in [0.717, 1.165) is 31.1 Å². The van der Waals surface area contributed by atoms with Gasteiger partial charge in [0.05, 0.1) is 0 Å². The minimum Gasteiger partial charge on any atom is -0.353 e. The second kappa shape index (κ2) is 4.61. The first-order chi connectivity index (χ1) is 7.70. The molecule has 0 N–H and O–H groups in total. The molecule has 0 saturated carbocycles. The van der Waals surface area contributed by atoms with Crippen molar-refractivity contribution in [1.29, 1.82) is 0 Å². The molecule has 4 nitrogen and oxygen atoms in total. The standard InChI is InChI=1S/C12H18N4/c1-4-5-15(3)11-7-16(8-11)12-6-10(2)13-9-14-12/h4,6,9,11H,1,5,7-8H2,2-3H3. The molecular formula is C12H18N4. The molecule has 0 amide bonds. The van der Waals surface area contributed by atoms with Gasteiger partial charge in [-0.3, -0.25) is 4.90 Å². The van der Waals surface area contributed by atoms with E-state index >= 15 is 0 Å². The fourth-order valence-corrected chi connectivity index (χ4v) is 1.89. The quantitative estimate of drug-likeness (QED) is 0.708. The molecule has 0 unspecified atom stereocenters. The van der Waals surface area contributed by atoms with Crippen molar-refractivity contribution in [2.24, 2.45) is 0 Å². The zero-order valence-corrected chi connectivity index (χ0v) is 9.93. The van der Waals surface area contributed by atoms with Crippen molar-refractivity contribution in [3.63, 3.8) is 0 Å². The molecule has 2 heterocycles. The average Bonchev–Trinajstić information content (AvgIpc) is 2.15. The molecule has 1 aliphatic rings. The minimum atomic E-state index is 0.619. The third kappa shape index (κ3) is 2.22. The molecule has 1 aromatic rings. The summed E-state index contributed by atoms with van der Waals surface area (Å²) < 4.78 is 0. The summed E-state index contributed by atoms with van der Waals surface area (Å²) in [5.41, 5.74) is 1.02. The first kappa shape index (κ1) is 11.1. The van der Waals surface area contributed by atoms with Crippen molar-refractivity contribution in [2.75, 3.05) is 31.6 Å². The van der Waals surface area contributed by atoms with Crippen LogP contribution in [0.3, 0.4) is 0 Å². The van der Waals surface area contributed by atoms with E-state index in [1.165, 1.54) is 0 Å². The summed E-state index contributed by atoms with van der Waals surface area (Å²) in [7, 11) is 2.13. The van der Waals surface area contributed by atoms with Gasteiger partial charge in [0.2, 0.25) is 0 Å². The fourth-order valence-electron chi connectivity index (χ4n) is 1.89. The molecule has 1 fully saturated rings. The van der Waals surface area contributed by atoms with E-state index in [1.54, 1.807) is 6.33 Å². The van der Waals surface area contributed by atoms with Crippen LogP contribution in [0, 0.1) is 6.92 Å². The summed E-state index contributed by atoms with van der Waals surface area (Å²) in [4.78, 5) is 13.0. The Hall–Kier alpha value is -1.42. The van der Waals surface area contributed by atoms with Gasteiger partial charge in [-0.25, -0.2) is 9.97 Å². The Morgan fingerprint density at radius 3 is 2.94 bits per heavy atom. The third-order valence-corrected chi connectivity index (χ3v) is 3.02. The van der Waals surface area contributed by atoms with Gasteiger partial charge in [-0.05, 0) is 14.0 Å². The van der Waals surface area contributed by atoms with Crippen molar-refractivity contribution in [3.05, 3.63) is 30.7 Å². The highest BCUT2D eigenvalue weighted by molar-refractivity contribution is 5.42. The van der Waals surface area contributed by atoms with Crippen LogP contribution < -0.4 is 4.90 Å². The van der Waals surface area contributed by atoms with E-state index in [2.05, 4.69) is 33.4 Å². The molecule has 0 aliphatic carbocycles. The Kier molecular flexibility index (Phi) is 3.19. The summed E-state index contributed by atoms with van der Waals surface area (Å²) in [6.45, 7) is 8.78. The van der Waals surface area contributed by atoms with Crippen LogP contribution >= 0.6 is 0 Å².